The Hall–Kier alpha value is -1.16. The quantitative estimate of drug-likeness (QED) is 0.725. The second-order valence-electron chi connectivity index (χ2n) is 3.47. The van der Waals surface area contributed by atoms with Gasteiger partial charge in [-0.25, -0.2) is 8.78 Å². The van der Waals surface area contributed by atoms with Crippen LogP contribution in [-0.4, -0.2) is 11.7 Å². The molecule has 0 amide bonds. The number of aromatic hydroxyl groups is 1. The van der Waals surface area contributed by atoms with Gasteiger partial charge in [0, 0.05) is 17.7 Å². The monoisotopic (exact) mass is 199 g/mol. The molecule has 1 aromatic carbocycles. The van der Waals surface area contributed by atoms with E-state index in [0.29, 0.717) is 5.56 Å². The van der Waals surface area contributed by atoms with E-state index in [-0.39, 0.29) is 6.04 Å². The van der Waals surface area contributed by atoms with Crippen molar-refractivity contribution in [1.82, 2.24) is 5.32 Å². The van der Waals surface area contributed by atoms with Gasteiger partial charge in [-0.15, -0.1) is 0 Å². The SMILES string of the molecule is Oc1cc(F)c([C@@H]2CCCN2)cc1F. The van der Waals surface area contributed by atoms with E-state index in [9.17, 15) is 8.78 Å². The van der Waals surface area contributed by atoms with Crippen LogP contribution in [0, 0.1) is 11.6 Å². The van der Waals surface area contributed by atoms with Crippen molar-refractivity contribution in [2.45, 2.75) is 18.9 Å². The number of hydrogen-bond acceptors (Lipinski definition) is 2. The molecule has 1 aliphatic rings. The average Bonchev–Trinajstić information content (AvgIpc) is 2.64. The summed E-state index contributed by atoms with van der Waals surface area (Å²) in [7, 11) is 0. The lowest BCUT2D eigenvalue weighted by Crippen LogP contribution is -2.14. The average molecular weight is 199 g/mol. The Balaban J connectivity index is 2.37. The molecule has 0 spiro atoms. The van der Waals surface area contributed by atoms with Crippen LogP contribution in [0.25, 0.3) is 0 Å². The Bertz CT molecular complexity index is 348. The van der Waals surface area contributed by atoms with Crippen molar-refractivity contribution in [2.24, 2.45) is 0 Å². The molecule has 1 heterocycles. The Labute approximate surface area is 80.6 Å². The minimum absolute atomic E-state index is 0.120. The normalized spacial score (nSPS) is 21.4. The van der Waals surface area contributed by atoms with Crippen LogP contribution in [0.2, 0.25) is 0 Å². The number of phenolic OH excluding ortho intramolecular Hbond substituents is 1. The Morgan fingerprint density at radius 2 is 2.07 bits per heavy atom. The molecule has 76 valence electrons. The van der Waals surface area contributed by atoms with E-state index in [1.165, 1.54) is 0 Å². The molecule has 14 heavy (non-hydrogen) atoms. The summed E-state index contributed by atoms with van der Waals surface area (Å²) in [5.41, 5.74) is 0.304. The highest BCUT2D eigenvalue weighted by molar-refractivity contribution is 5.31. The van der Waals surface area contributed by atoms with Gasteiger partial charge in [-0.2, -0.15) is 0 Å². The molecule has 1 aliphatic heterocycles. The van der Waals surface area contributed by atoms with Crippen LogP contribution in [-0.2, 0) is 0 Å². The van der Waals surface area contributed by atoms with Gasteiger partial charge in [0.2, 0.25) is 0 Å². The molecular weight excluding hydrogens is 188 g/mol. The van der Waals surface area contributed by atoms with Crippen LogP contribution >= 0.6 is 0 Å². The van der Waals surface area contributed by atoms with Crippen molar-refractivity contribution in [3.63, 3.8) is 0 Å². The van der Waals surface area contributed by atoms with Gasteiger partial charge in [0.1, 0.15) is 5.82 Å². The Morgan fingerprint density at radius 3 is 2.71 bits per heavy atom. The number of phenols is 1. The molecular formula is C10H11F2NO. The lowest BCUT2D eigenvalue weighted by molar-refractivity contribution is 0.422. The van der Waals surface area contributed by atoms with E-state index < -0.39 is 17.4 Å². The molecule has 1 fully saturated rings. The fourth-order valence-electron chi connectivity index (χ4n) is 1.77. The molecule has 2 N–H and O–H groups in total. The van der Waals surface area contributed by atoms with Crippen LogP contribution in [0.3, 0.4) is 0 Å². The van der Waals surface area contributed by atoms with E-state index in [1.807, 2.05) is 0 Å². The molecule has 0 saturated carbocycles. The molecule has 2 nitrogen and oxygen atoms in total. The standard InChI is InChI=1S/C10H11F2NO/c11-7-5-10(14)8(12)4-6(7)9-2-1-3-13-9/h4-5,9,13-14H,1-3H2/t9-/m0/s1. The summed E-state index contributed by atoms with van der Waals surface area (Å²) in [5, 5.41) is 12.0. The van der Waals surface area contributed by atoms with Crippen LogP contribution in [0.1, 0.15) is 24.4 Å². The summed E-state index contributed by atoms with van der Waals surface area (Å²) < 4.78 is 26.3. The summed E-state index contributed by atoms with van der Waals surface area (Å²) in [6.07, 6.45) is 1.77. The Kier molecular flexibility index (Phi) is 2.37. The van der Waals surface area contributed by atoms with Crippen molar-refractivity contribution in [1.29, 1.82) is 0 Å². The number of halogens is 2. The fourth-order valence-corrected chi connectivity index (χ4v) is 1.77. The molecule has 1 saturated heterocycles. The summed E-state index contributed by atoms with van der Waals surface area (Å²) >= 11 is 0. The second kappa shape index (κ2) is 3.53. The van der Waals surface area contributed by atoms with Gasteiger partial charge >= 0.3 is 0 Å². The maximum absolute atomic E-state index is 13.3. The predicted molar refractivity (Wildman–Crippen MR) is 48.0 cm³/mol. The molecule has 0 radical (unpaired) electrons. The third-order valence-electron chi connectivity index (χ3n) is 2.50. The van der Waals surface area contributed by atoms with Crippen molar-refractivity contribution < 1.29 is 13.9 Å². The summed E-state index contributed by atoms with van der Waals surface area (Å²) in [5.74, 6) is -1.96. The number of nitrogens with one attached hydrogen (secondary N) is 1. The second-order valence-corrected chi connectivity index (χ2v) is 3.47. The summed E-state index contributed by atoms with van der Waals surface area (Å²) in [6, 6.07) is 1.77. The fraction of sp³-hybridized carbons (Fsp3) is 0.400. The van der Waals surface area contributed by atoms with Gasteiger partial charge < -0.3 is 10.4 Å². The minimum atomic E-state index is -0.768. The largest absolute Gasteiger partial charge is 0.505 e. The maximum Gasteiger partial charge on any atom is 0.165 e. The minimum Gasteiger partial charge on any atom is -0.505 e. The van der Waals surface area contributed by atoms with Crippen LogP contribution in [0.4, 0.5) is 8.78 Å². The third-order valence-corrected chi connectivity index (χ3v) is 2.50. The molecule has 0 aromatic heterocycles. The van der Waals surface area contributed by atoms with E-state index >= 15 is 0 Å². The van der Waals surface area contributed by atoms with E-state index in [0.717, 1.165) is 31.5 Å². The summed E-state index contributed by atoms with van der Waals surface area (Å²) in [4.78, 5) is 0. The number of hydrogen-bond donors (Lipinski definition) is 2. The van der Waals surface area contributed by atoms with E-state index in [4.69, 9.17) is 5.11 Å². The first-order chi connectivity index (χ1) is 6.68. The first-order valence-electron chi connectivity index (χ1n) is 4.60. The molecule has 1 atom stereocenters. The van der Waals surface area contributed by atoms with Crippen molar-refractivity contribution in [3.8, 4) is 5.75 Å². The zero-order chi connectivity index (χ0) is 10.1. The van der Waals surface area contributed by atoms with E-state index in [1.54, 1.807) is 0 Å². The Morgan fingerprint density at radius 1 is 1.29 bits per heavy atom. The van der Waals surface area contributed by atoms with Crippen molar-refractivity contribution in [3.05, 3.63) is 29.3 Å². The molecule has 2 rings (SSSR count). The topological polar surface area (TPSA) is 32.3 Å². The first kappa shape index (κ1) is 9.40. The number of benzene rings is 1. The number of rotatable bonds is 1. The zero-order valence-electron chi connectivity index (χ0n) is 7.56. The molecule has 1 aromatic rings. The van der Waals surface area contributed by atoms with Gasteiger partial charge in [0.25, 0.3) is 0 Å². The van der Waals surface area contributed by atoms with Gasteiger partial charge in [0.05, 0.1) is 0 Å². The third kappa shape index (κ3) is 1.57. The molecule has 0 unspecified atom stereocenters. The van der Waals surface area contributed by atoms with Crippen molar-refractivity contribution in [2.75, 3.05) is 6.54 Å². The lowest BCUT2D eigenvalue weighted by atomic mass is 10.0. The van der Waals surface area contributed by atoms with Gasteiger partial charge in [-0.3, -0.25) is 0 Å². The first-order valence-corrected chi connectivity index (χ1v) is 4.60. The van der Waals surface area contributed by atoms with Crippen LogP contribution in [0.15, 0.2) is 12.1 Å². The maximum atomic E-state index is 13.3. The van der Waals surface area contributed by atoms with Crippen molar-refractivity contribution >= 4 is 0 Å². The summed E-state index contributed by atoms with van der Waals surface area (Å²) in [6.45, 7) is 0.826. The van der Waals surface area contributed by atoms with Gasteiger partial charge in [-0.05, 0) is 25.5 Å². The molecule has 0 aliphatic carbocycles. The smallest absolute Gasteiger partial charge is 0.165 e. The highest BCUT2D eigenvalue weighted by Gasteiger charge is 2.21. The zero-order valence-corrected chi connectivity index (χ0v) is 7.56. The highest BCUT2D eigenvalue weighted by atomic mass is 19.1. The lowest BCUT2D eigenvalue weighted by Gasteiger charge is -2.12. The van der Waals surface area contributed by atoms with Crippen LogP contribution < -0.4 is 5.32 Å². The van der Waals surface area contributed by atoms with Gasteiger partial charge in [0.15, 0.2) is 11.6 Å². The molecule has 0 bridgehead atoms. The highest BCUT2D eigenvalue weighted by Crippen LogP contribution is 2.29. The molecule has 4 heteroatoms. The van der Waals surface area contributed by atoms with E-state index in [2.05, 4.69) is 5.32 Å². The van der Waals surface area contributed by atoms with Crippen LogP contribution in [0.5, 0.6) is 5.75 Å². The van der Waals surface area contributed by atoms with Gasteiger partial charge in [-0.1, -0.05) is 0 Å². The predicted octanol–water partition coefficient (Wildman–Crippen LogP) is 2.09.